The average molecular weight is 381 g/mol. The Hall–Kier alpha value is -3.68. The maximum absolute atomic E-state index is 12.7. The first-order valence-electron chi connectivity index (χ1n) is 8.69. The molecule has 1 aliphatic rings. The predicted molar refractivity (Wildman–Crippen MR) is 101 cm³/mol. The van der Waals surface area contributed by atoms with Crippen molar-refractivity contribution in [3.8, 4) is 0 Å². The molecule has 0 unspecified atom stereocenters. The monoisotopic (exact) mass is 381 g/mol. The Morgan fingerprint density at radius 2 is 1.93 bits per heavy atom. The third kappa shape index (κ3) is 4.35. The highest BCUT2D eigenvalue weighted by Gasteiger charge is 2.32. The number of benzene rings is 2. The van der Waals surface area contributed by atoms with Crippen molar-refractivity contribution in [3.63, 3.8) is 0 Å². The highest BCUT2D eigenvalue weighted by atomic mass is 16.6. The van der Waals surface area contributed by atoms with Crippen molar-refractivity contribution in [2.24, 2.45) is 0 Å². The SMILES string of the molecule is CC1=C(C(=O)OCCc2ccccc2)[C@H](c2cccc([N+](=O)[O-])c2)NC(=O)N1. The van der Waals surface area contributed by atoms with Crippen LogP contribution in [0.25, 0.3) is 0 Å². The van der Waals surface area contributed by atoms with Gasteiger partial charge in [-0.1, -0.05) is 42.5 Å². The molecular weight excluding hydrogens is 362 g/mol. The van der Waals surface area contributed by atoms with Gasteiger partial charge in [0.15, 0.2) is 0 Å². The van der Waals surface area contributed by atoms with Gasteiger partial charge in [-0.15, -0.1) is 0 Å². The predicted octanol–water partition coefficient (Wildman–Crippen LogP) is 3.01. The largest absolute Gasteiger partial charge is 0.462 e. The van der Waals surface area contributed by atoms with E-state index in [1.807, 2.05) is 30.3 Å². The number of urea groups is 1. The van der Waals surface area contributed by atoms with E-state index < -0.39 is 23.0 Å². The third-order valence-corrected chi connectivity index (χ3v) is 4.37. The summed E-state index contributed by atoms with van der Waals surface area (Å²) in [4.78, 5) is 35.1. The zero-order valence-electron chi connectivity index (χ0n) is 15.2. The van der Waals surface area contributed by atoms with Gasteiger partial charge in [0.2, 0.25) is 0 Å². The van der Waals surface area contributed by atoms with E-state index in [2.05, 4.69) is 10.6 Å². The molecule has 1 aliphatic heterocycles. The molecule has 2 amide bonds. The van der Waals surface area contributed by atoms with Crippen LogP contribution in [0.1, 0.15) is 24.1 Å². The molecule has 0 radical (unpaired) electrons. The van der Waals surface area contributed by atoms with Crippen LogP contribution in [0, 0.1) is 10.1 Å². The number of hydrogen-bond acceptors (Lipinski definition) is 5. The molecule has 1 heterocycles. The highest BCUT2D eigenvalue weighted by molar-refractivity contribution is 5.95. The van der Waals surface area contributed by atoms with Crippen molar-refractivity contribution in [2.45, 2.75) is 19.4 Å². The number of allylic oxidation sites excluding steroid dienone is 1. The molecule has 2 aromatic rings. The van der Waals surface area contributed by atoms with Crippen LogP contribution in [-0.2, 0) is 16.0 Å². The number of non-ortho nitro benzene ring substituents is 1. The van der Waals surface area contributed by atoms with Gasteiger partial charge in [-0.2, -0.15) is 0 Å². The van der Waals surface area contributed by atoms with E-state index in [0.717, 1.165) is 5.56 Å². The molecule has 0 saturated carbocycles. The summed E-state index contributed by atoms with van der Waals surface area (Å²) >= 11 is 0. The van der Waals surface area contributed by atoms with Crippen molar-refractivity contribution in [1.29, 1.82) is 0 Å². The summed E-state index contributed by atoms with van der Waals surface area (Å²) in [5.74, 6) is -0.586. The van der Waals surface area contributed by atoms with Crippen LogP contribution in [0.15, 0.2) is 65.9 Å². The van der Waals surface area contributed by atoms with E-state index in [1.165, 1.54) is 18.2 Å². The van der Waals surface area contributed by atoms with Crippen molar-refractivity contribution in [2.75, 3.05) is 6.61 Å². The molecule has 0 saturated heterocycles. The Labute approximate surface area is 161 Å². The molecule has 0 aromatic heterocycles. The molecule has 2 aromatic carbocycles. The minimum absolute atomic E-state index is 0.125. The van der Waals surface area contributed by atoms with Crippen LogP contribution >= 0.6 is 0 Å². The fourth-order valence-electron chi connectivity index (χ4n) is 3.02. The lowest BCUT2D eigenvalue weighted by Gasteiger charge is -2.28. The van der Waals surface area contributed by atoms with Crippen molar-refractivity contribution in [3.05, 3.63) is 87.1 Å². The molecule has 28 heavy (non-hydrogen) atoms. The molecule has 0 fully saturated rings. The molecule has 2 N–H and O–H groups in total. The number of nitro benzene ring substituents is 1. The van der Waals surface area contributed by atoms with Crippen LogP contribution in [-0.4, -0.2) is 23.5 Å². The number of amides is 2. The molecule has 8 heteroatoms. The van der Waals surface area contributed by atoms with Gasteiger partial charge >= 0.3 is 12.0 Å². The first-order chi connectivity index (χ1) is 13.5. The first kappa shape index (κ1) is 19.1. The third-order valence-electron chi connectivity index (χ3n) is 4.37. The van der Waals surface area contributed by atoms with Crippen LogP contribution < -0.4 is 10.6 Å². The lowest BCUT2D eigenvalue weighted by Crippen LogP contribution is -2.45. The van der Waals surface area contributed by atoms with Gasteiger partial charge in [0, 0.05) is 24.3 Å². The summed E-state index contributed by atoms with van der Waals surface area (Å²) in [5.41, 5.74) is 1.91. The Morgan fingerprint density at radius 3 is 2.64 bits per heavy atom. The van der Waals surface area contributed by atoms with Crippen molar-refractivity contribution < 1.29 is 19.2 Å². The number of esters is 1. The van der Waals surface area contributed by atoms with E-state index in [9.17, 15) is 19.7 Å². The number of carbonyl (C=O) groups is 2. The van der Waals surface area contributed by atoms with Crippen molar-refractivity contribution >= 4 is 17.7 Å². The highest BCUT2D eigenvalue weighted by Crippen LogP contribution is 2.29. The van der Waals surface area contributed by atoms with Crippen LogP contribution in [0.4, 0.5) is 10.5 Å². The number of nitrogens with one attached hydrogen (secondary N) is 2. The topological polar surface area (TPSA) is 111 Å². The summed E-state index contributed by atoms with van der Waals surface area (Å²) in [6.07, 6.45) is 0.556. The summed E-state index contributed by atoms with van der Waals surface area (Å²) in [6.45, 7) is 1.77. The first-order valence-corrected chi connectivity index (χ1v) is 8.69. The number of ether oxygens (including phenoxy) is 1. The molecule has 144 valence electrons. The zero-order valence-corrected chi connectivity index (χ0v) is 15.2. The maximum Gasteiger partial charge on any atom is 0.338 e. The smallest absolute Gasteiger partial charge is 0.338 e. The second kappa shape index (κ2) is 8.34. The van der Waals surface area contributed by atoms with Gasteiger partial charge in [0.25, 0.3) is 5.69 Å². The van der Waals surface area contributed by atoms with E-state index in [-0.39, 0.29) is 17.9 Å². The van der Waals surface area contributed by atoms with Gasteiger partial charge in [-0.05, 0) is 18.1 Å². The zero-order chi connectivity index (χ0) is 20.1. The van der Waals surface area contributed by atoms with E-state index in [1.54, 1.807) is 13.0 Å². The maximum atomic E-state index is 12.7. The average Bonchev–Trinajstić information content (AvgIpc) is 2.68. The number of hydrogen-bond donors (Lipinski definition) is 2. The van der Waals surface area contributed by atoms with E-state index in [4.69, 9.17) is 4.74 Å². The minimum atomic E-state index is -0.835. The lowest BCUT2D eigenvalue weighted by atomic mass is 9.95. The Bertz CT molecular complexity index is 940. The summed E-state index contributed by atoms with van der Waals surface area (Å²) in [6, 6.07) is 14.1. The van der Waals surface area contributed by atoms with Gasteiger partial charge in [0.1, 0.15) is 0 Å². The second-order valence-electron chi connectivity index (χ2n) is 6.29. The number of carbonyl (C=O) groups excluding carboxylic acids is 2. The fraction of sp³-hybridized carbons (Fsp3) is 0.200. The standard InChI is InChI=1S/C20H19N3O5/c1-13-17(19(24)28-11-10-14-6-3-2-4-7-14)18(22-20(25)21-13)15-8-5-9-16(12-15)23(26)27/h2-9,12,18H,10-11H2,1H3,(H2,21,22,25)/t18-/m0/s1. The van der Waals surface area contributed by atoms with E-state index in [0.29, 0.717) is 17.7 Å². The Morgan fingerprint density at radius 1 is 1.18 bits per heavy atom. The normalized spacial score (nSPS) is 16.2. The van der Waals surface area contributed by atoms with Crippen molar-refractivity contribution in [1.82, 2.24) is 10.6 Å². The molecule has 8 nitrogen and oxygen atoms in total. The van der Waals surface area contributed by atoms with Crippen LogP contribution in [0.3, 0.4) is 0 Å². The fourth-order valence-corrected chi connectivity index (χ4v) is 3.02. The van der Waals surface area contributed by atoms with Gasteiger partial charge in [-0.3, -0.25) is 10.1 Å². The molecule has 0 aliphatic carbocycles. The lowest BCUT2D eigenvalue weighted by molar-refractivity contribution is -0.384. The van der Waals surface area contributed by atoms with Crippen LogP contribution in [0.5, 0.6) is 0 Å². The Balaban J connectivity index is 1.80. The summed E-state index contributed by atoms with van der Waals surface area (Å²) < 4.78 is 5.40. The van der Waals surface area contributed by atoms with Gasteiger partial charge in [0.05, 0.1) is 23.1 Å². The second-order valence-corrected chi connectivity index (χ2v) is 6.29. The molecule has 1 atom stereocenters. The quantitative estimate of drug-likeness (QED) is 0.454. The van der Waals surface area contributed by atoms with Crippen LogP contribution in [0.2, 0.25) is 0 Å². The number of rotatable bonds is 6. The number of nitro groups is 1. The molecule has 0 bridgehead atoms. The summed E-state index contributed by atoms with van der Waals surface area (Å²) in [7, 11) is 0. The molecule has 3 rings (SSSR count). The van der Waals surface area contributed by atoms with Gasteiger partial charge in [-0.25, -0.2) is 9.59 Å². The molecule has 0 spiro atoms. The minimum Gasteiger partial charge on any atom is -0.462 e. The Kier molecular flexibility index (Phi) is 5.69. The summed E-state index contributed by atoms with van der Waals surface area (Å²) in [5, 5.41) is 16.2. The van der Waals surface area contributed by atoms with Gasteiger partial charge < -0.3 is 15.4 Å². The number of nitrogens with zero attached hydrogens (tertiary/aromatic N) is 1. The molecular formula is C20H19N3O5. The van der Waals surface area contributed by atoms with E-state index >= 15 is 0 Å².